The van der Waals surface area contributed by atoms with Gasteiger partial charge in [-0.2, -0.15) is 0 Å². The van der Waals surface area contributed by atoms with Gasteiger partial charge in [-0.05, 0) is 25.1 Å². The highest BCUT2D eigenvalue weighted by Crippen LogP contribution is 2.18. The van der Waals surface area contributed by atoms with Crippen LogP contribution in [0.3, 0.4) is 0 Å². The second kappa shape index (κ2) is 7.18. The maximum absolute atomic E-state index is 13.4. The Labute approximate surface area is 120 Å². The molecule has 0 aliphatic rings. The fourth-order valence-corrected chi connectivity index (χ4v) is 1.66. The summed E-state index contributed by atoms with van der Waals surface area (Å²) in [5.74, 6) is -2.04. The van der Waals surface area contributed by atoms with Crippen LogP contribution < -0.4 is 16.4 Å². The van der Waals surface area contributed by atoms with Gasteiger partial charge in [-0.3, -0.25) is 14.9 Å². The van der Waals surface area contributed by atoms with Crippen LogP contribution in [-0.4, -0.2) is 35.6 Å². The summed E-state index contributed by atoms with van der Waals surface area (Å²) < 4.78 is 13.4. The summed E-state index contributed by atoms with van der Waals surface area (Å²) in [6, 6.07) is 2.74. The molecule has 0 saturated heterocycles. The Morgan fingerprint density at radius 2 is 2.15 bits per heavy atom. The molecular formula is C12H15ClFN3O3. The van der Waals surface area contributed by atoms with Crippen molar-refractivity contribution in [3.8, 4) is 0 Å². The van der Waals surface area contributed by atoms with Crippen molar-refractivity contribution in [2.45, 2.75) is 19.1 Å². The topological polar surface area (TPSA) is 104 Å². The number of aliphatic hydroxyl groups excluding tert-OH is 1. The molecule has 0 fully saturated rings. The molecule has 20 heavy (non-hydrogen) atoms. The van der Waals surface area contributed by atoms with Crippen LogP contribution in [0.2, 0.25) is 5.02 Å². The van der Waals surface area contributed by atoms with Crippen LogP contribution >= 0.6 is 11.6 Å². The summed E-state index contributed by atoms with van der Waals surface area (Å²) in [5, 5.41) is 14.3. The van der Waals surface area contributed by atoms with E-state index in [4.69, 9.17) is 17.3 Å². The number of aliphatic hydroxyl groups is 1. The summed E-state index contributed by atoms with van der Waals surface area (Å²) in [4.78, 5) is 22.6. The molecule has 0 aliphatic carbocycles. The predicted molar refractivity (Wildman–Crippen MR) is 72.7 cm³/mol. The third kappa shape index (κ3) is 4.76. The van der Waals surface area contributed by atoms with E-state index < -0.39 is 29.8 Å². The van der Waals surface area contributed by atoms with E-state index in [-0.39, 0.29) is 17.3 Å². The summed E-state index contributed by atoms with van der Waals surface area (Å²) in [5.41, 5.74) is 5.02. The van der Waals surface area contributed by atoms with Gasteiger partial charge in [0.2, 0.25) is 11.8 Å². The van der Waals surface area contributed by atoms with E-state index in [1.165, 1.54) is 19.1 Å². The van der Waals surface area contributed by atoms with Crippen LogP contribution in [0.1, 0.15) is 6.92 Å². The van der Waals surface area contributed by atoms with E-state index in [2.05, 4.69) is 10.6 Å². The molecule has 1 aromatic carbocycles. The lowest BCUT2D eigenvalue weighted by Crippen LogP contribution is -2.50. The smallest absolute Gasteiger partial charge is 0.238 e. The number of amides is 2. The SMILES string of the molecule is C[C@@H](O)[C@H](NCC(=O)Nc1ccc(Cl)cc1F)C(N)=O. The average molecular weight is 304 g/mol. The van der Waals surface area contributed by atoms with Crippen molar-refractivity contribution in [1.82, 2.24) is 5.32 Å². The Morgan fingerprint density at radius 1 is 1.50 bits per heavy atom. The van der Waals surface area contributed by atoms with Crippen LogP contribution in [0, 0.1) is 5.82 Å². The molecular weight excluding hydrogens is 289 g/mol. The van der Waals surface area contributed by atoms with Gasteiger partial charge in [-0.25, -0.2) is 4.39 Å². The predicted octanol–water partition coefficient (Wildman–Crippen LogP) is 0.242. The number of primary amides is 1. The Kier molecular flexibility index (Phi) is 5.87. The molecule has 0 spiro atoms. The minimum Gasteiger partial charge on any atom is -0.391 e. The molecule has 1 aromatic rings. The number of carbonyl (C=O) groups excluding carboxylic acids is 2. The highest BCUT2D eigenvalue weighted by Gasteiger charge is 2.21. The molecule has 0 radical (unpaired) electrons. The van der Waals surface area contributed by atoms with Gasteiger partial charge in [0.1, 0.15) is 11.9 Å². The lowest BCUT2D eigenvalue weighted by Gasteiger charge is -2.17. The number of benzene rings is 1. The second-order valence-electron chi connectivity index (χ2n) is 4.17. The summed E-state index contributed by atoms with van der Waals surface area (Å²) in [6.45, 7) is 1.06. The number of nitrogens with two attached hydrogens (primary N) is 1. The van der Waals surface area contributed by atoms with Crippen LogP contribution in [0.4, 0.5) is 10.1 Å². The number of rotatable bonds is 6. The molecule has 2 amide bonds. The second-order valence-corrected chi connectivity index (χ2v) is 4.61. The largest absolute Gasteiger partial charge is 0.391 e. The number of carbonyl (C=O) groups is 2. The van der Waals surface area contributed by atoms with Gasteiger partial charge in [-0.15, -0.1) is 0 Å². The molecule has 6 nitrogen and oxygen atoms in total. The van der Waals surface area contributed by atoms with Crippen LogP contribution in [-0.2, 0) is 9.59 Å². The number of hydrogen-bond acceptors (Lipinski definition) is 4. The summed E-state index contributed by atoms with van der Waals surface area (Å²) in [6.07, 6.45) is -1.05. The number of anilines is 1. The first-order chi connectivity index (χ1) is 9.31. The molecule has 8 heteroatoms. The third-order valence-corrected chi connectivity index (χ3v) is 2.71. The zero-order valence-electron chi connectivity index (χ0n) is 10.7. The van der Waals surface area contributed by atoms with Gasteiger partial charge in [-0.1, -0.05) is 11.6 Å². The molecule has 0 aromatic heterocycles. The molecule has 0 aliphatic heterocycles. The van der Waals surface area contributed by atoms with Gasteiger partial charge in [0, 0.05) is 5.02 Å². The van der Waals surface area contributed by atoms with E-state index in [9.17, 15) is 19.1 Å². The molecule has 110 valence electrons. The van der Waals surface area contributed by atoms with E-state index in [1.807, 2.05) is 0 Å². The maximum atomic E-state index is 13.4. The summed E-state index contributed by atoms with van der Waals surface area (Å²) in [7, 11) is 0. The van der Waals surface area contributed by atoms with Crippen LogP contribution in [0.25, 0.3) is 0 Å². The fraction of sp³-hybridized carbons (Fsp3) is 0.333. The quantitative estimate of drug-likeness (QED) is 0.604. The molecule has 0 bridgehead atoms. The van der Waals surface area contributed by atoms with Crippen LogP contribution in [0.15, 0.2) is 18.2 Å². The first-order valence-electron chi connectivity index (χ1n) is 5.77. The van der Waals surface area contributed by atoms with Gasteiger partial charge in [0.05, 0.1) is 18.3 Å². The molecule has 0 heterocycles. The lowest BCUT2D eigenvalue weighted by atomic mass is 10.2. The molecule has 0 saturated carbocycles. The van der Waals surface area contributed by atoms with Crippen molar-refractivity contribution < 1.29 is 19.1 Å². The zero-order valence-corrected chi connectivity index (χ0v) is 11.4. The van der Waals surface area contributed by atoms with Crippen molar-refractivity contribution in [3.63, 3.8) is 0 Å². The van der Waals surface area contributed by atoms with Crippen LogP contribution in [0.5, 0.6) is 0 Å². The van der Waals surface area contributed by atoms with Crippen molar-refractivity contribution >= 4 is 29.1 Å². The summed E-state index contributed by atoms with van der Waals surface area (Å²) >= 11 is 5.58. The maximum Gasteiger partial charge on any atom is 0.238 e. The van der Waals surface area contributed by atoms with Crippen molar-refractivity contribution in [1.29, 1.82) is 0 Å². The normalized spacial score (nSPS) is 13.6. The van der Waals surface area contributed by atoms with E-state index in [1.54, 1.807) is 0 Å². The Morgan fingerprint density at radius 3 is 2.65 bits per heavy atom. The average Bonchev–Trinajstić information content (AvgIpc) is 2.32. The van der Waals surface area contributed by atoms with E-state index >= 15 is 0 Å². The highest BCUT2D eigenvalue weighted by molar-refractivity contribution is 6.30. The number of hydrogen-bond donors (Lipinski definition) is 4. The molecule has 2 atom stereocenters. The van der Waals surface area contributed by atoms with Gasteiger partial charge >= 0.3 is 0 Å². The van der Waals surface area contributed by atoms with E-state index in [0.717, 1.165) is 6.07 Å². The monoisotopic (exact) mass is 303 g/mol. The standard InChI is InChI=1S/C12H15ClFN3O3/c1-6(18)11(12(15)20)16-5-10(19)17-9-3-2-7(13)4-8(9)14/h2-4,6,11,16,18H,5H2,1H3,(H2,15,20)(H,17,19)/t6-,11+/m1/s1. The lowest BCUT2D eigenvalue weighted by molar-refractivity contribution is -0.122. The minimum absolute atomic E-state index is 0.0335. The first-order valence-corrected chi connectivity index (χ1v) is 6.14. The van der Waals surface area contributed by atoms with Crippen molar-refractivity contribution in [3.05, 3.63) is 29.0 Å². The highest BCUT2D eigenvalue weighted by atomic mass is 35.5. The third-order valence-electron chi connectivity index (χ3n) is 2.48. The molecule has 5 N–H and O–H groups in total. The Bertz CT molecular complexity index is 511. The number of halogens is 2. The molecule has 1 rings (SSSR count). The van der Waals surface area contributed by atoms with Gasteiger partial charge < -0.3 is 16.2 Å². The van der Waals surface area contributed by atoms with E-state index in [0.29, 0.717) is 0 Å². The number of nitrogens with one attached hydrogen (secondary N) is 2. The minimum atomic E-state index is -1.06. The van der Waals surface area contributed by atoms with Crippen molar-refractivity contribution in [2.75, 3.05) is 11.9 Å². The Hall–Kier alpha value is -1.70. The van der Waals surface area contributed by atoms with Gasteiger partial charge in [0.25, 0.3) is 0 Å². The molecule has 0 unspecified atom stereocenters. The van der Waals surface area contributed by atoms with Gasteiger partial charge in [0.15, 0.2) is 0 Å². The zero-order chi connectivity index (χ0) is 15.3. The van der Waals surface area contributed by atoms with Crippen molar-refractivity contribution in [2.24, 2.45) is 5.73 Å². The first kappa shape index (κ1) is 16.4. The fourth-order valence-electron chi connectivity index (χ4n) is 1.50. The Balaban J connectivity index is 2.57.